The van der Waals surface area contributed by atoms with E-state index in [0.717, 1.165) is 12.1 Å². The minimum Gasteiger partial charge on any atom is -0.376 e. The van der Waals surface area contributed by atoms with Crippen molar-refractivity contribution in [3.8, 4) is 0 Å². The van der Waals surface area contributed by atoms with E-state index in [2.05, 4.69) is 0 Å². The lowest BCUT2D eigenvalue weighted by atomic mass is 9.77. The van der Waals surface area contributed by atoms with Crippen LogP contribution in [0.1, 0.15) is 57.7 Å². The summed E-state index contributed by atoms with van der Waals surface area (Å²) in [6.45, 7) is 5.98. The Bertz CT molecular complexity index is 583. The summed E-state index contributed by atoms with van der Waals surface area (Å²) in [6.07, 6.45) is -9.76. The van der Waals surface area contributed by atoms with Crippen LogP contribution in [0, 0.1) is 0 Å². The molecule has 2 atom stereocenters. The number of aliphatic hydroxyl groups is 2. The van der Waals surface area contributed by atoms with Gasteiger partial charge in [0.15, 0.2) is 11.2 Å². The van der Waals surface area contributed by atoms with Crippen molar-refractivity contribution in [2.75, 3.05) is 0 Å². The maximum absolute atomic E-state index is 13.2. The zero-order valence-electron chi connectivity index (χ0n) is 14.6. The first kappa shape index (κ1) is 21.8. The zero-order chi connectivity index (χ0) is 20.1. The highest BCUT2D eigenvalue weighted by atomic mass is 19.4. The average Bonchev–Trinajstić information content (AvgIpc) is 2.44. The van der Waals surface area contributed by atoms with E-state index in [-0.39, 0.29) is 5.56 Å². The van der Waals surface area contributed by atoms with Gasteiger partial charge in [-0.1, -0.05) is 32.9 Å². The third kappa shape index (κ3) is 3.95. The van der Waals surface area contributed by atoms with Gasteiger partial charge >= 0.3 is 12.4 Å². The molecule has 144 valence electrons. The van der Waals surface area contributed by atoms with Gasteiger partial charge in [-0.15, -0.1) is 0 Å². The van der Waals surface area contributed by atoms with E-state index in [9.17, 15) is 36.6 Å². The van der Waals surface area contributed by atoms with Crippen LogP contribution in [-0.4, -0.2) is 22.6 Å². The number of rotatable bonds is 4. The van der Waals surface area contributed by atoms with Gasteiger partial charge in [0.05, 0.1) is 0 Å². The molecule has 1 aromatic carbocycles. The van der Waals surface area contributed by atoms with Crippen LogP contribution in [-0.2, 0) is 16.6 Å². The first-order chi connectivity index (χ1) is 10.9. The SMILES string of the molecule is CCC(C)(C)c1cc(C(C)(O)C(F)(F)F)cc(C(C)(O)C(F)(F)F)c1. The maximum atomic E-state index is 13.2. The van der Waals surface area contributed by atoms with E-state index in [0.29, 0.717) is 26.3 Å². The number of benzene rings is 1. The summed E-state index contributed by atoms with van der Waals surface area (Å²) >= 11 is 0. The summed E-state index contributed by atoms with van der Waals surface area (Å²) in [5, 5.41) is 19.8. The molecule has 25 heavy (non-hydrogen) atoms. The van der Waals surface area contributed by atoms with E-state index < -0.39 is 40.1 Å². The van der Waals surface area contributed by atoms with Crippen LogP contribution in [0.25, 0.3) is 0 Å². The fourth-order valence-electron chi connectivity index (χ4n) is 2.11. The summed E-state index contributed by atoms with van der Waals surface area (Å²) in [6, 6.07) is 2.62. The number of alkyl halides is 6. The normalized spacial score (nSPS) is 18.6. The monoisotopic (exact) mass is 372 g/mol. The number of hydrogen-bond donors (Lipinski definition) is 2. The third-order valence-corrected chi connectivity index (χ3v) is 4.83. The predicted molar refractivity (Wildman–Crippen MR) is 81.0 cm³/mol. The maximum Gasteiger partial charge on any atom is 0.421 e. The van der Waals surface area contributed by atoms with Gasteiger partial charge in [-0.25, -0.2) is 0 Å². The molecule has 2 N–H and O–H groups in total. The largest absolute Gasteiger partial charge is 0.421 e. The van der Waals surface area contributed by atoms with Gasteiger partial charge in [0, 0.05) is 0 Å². The fraction of sp³-hybridized carbons (Fsp3) is 0.647. The smallest absolute Gasteiger partial charge is 0.376 e. The molecule has 8 heteroatoms. The molecule has 0 aliphatic carbocycles. The molecule has 0 radical (unpaired) electrons. The van der Waals surface area contributed by atoms with Crippen LogP contribution in [0.2, 0.25) is 0 Å². The minimum atomic E-state index is -5.09. The summed E-state index contributed by atoms with van der Waals surface area (Å²) < 4.78 is 78.9. The van der Waals surface area contributed by atoms with Gasteiger partial charge < -0.3 is 10.2 Å². The van der Waals surface area contributed by atoms with Crippen LogP contribution in [0.15, 0.2) is 18.2 Å². The van der Waals surface area contributed by atoms with Crippen molar-refractivity contribution in [1.29, 1.82) is 0 Å². The molecule has 0 aliphatic heterocycles. The second-order valence-corrected chi connectivity index (χ2v) is 7.18. The molecule has 0 aromatic heterocycles. The lowest BCUT2D eigenvalue weighted by Gasteiger charge is -2.34. The fourth-order valence-corrected chi connectivity index (χ4v) is 2.11. The molecule has 0 fully saturated rings. The summed E-state index contributed by atoms with van der Waals surface area (Å²) in [5.74, 6) is 0. The Labute approximate surface area is 142 Å². The molecule has 2 unspecified atom stereocenters. The standard InChI is InChI=1S/C17H22F6O2/c1-6-13(2,3)10-7-11(14(4,24)16(18,19)20)9-12(8-10)15(5,25)17(21,22)23/h7-9,24-25H,6H2,1-5H3. The van der Waals surface area contributed by atoms with E-state index in [4.69, 9.17) is 0 Å². The molecule has 0 spiro atoms. The van der Waals surface area contributed by atoms with Crippen molar-refractivity contribution in [3.63, 3.8) is 0 Å². The third-order valence-electron chi connectivity index (χ3n) is 4.83. The Morgan fingerprint density at radius 2 is 0.960 bits per heavy atom. The first-order valence-electron chi connectivity index (χ1n) is 7.62. The van der Waals surface area contributed by atoms with Crippen molar-refractivity contribution in [3.05, 3.63) is 34.9 Å². The molecule has 0 saturated heterocycles. The van der Waals surface area contributed by atoms with Crippen molar-refractivity contribution in [2.45, 2.75) is 70.0 Å². The second kappa shape index (κ2) is 6.16. The Kier molecular flexibility index (Phi) is 5.36. The molecule has 0 aliphatic rings. The van der Waals surface area contributed by atoms with E-state index in [1.807, 2.05) is 0 Å². The molecule has 2 nitrogen and oxygen atoms in total. The van der Waals surface area contributed by atoms with Gasteiger partial charge in [0.2, 0.25) is 0 Å². The van der Waals surface area contributed by atoms with Crippen molar-refractivity contribution < 1.29 is 36.6 Å². The first-order valence-corrected chi connectivity index (χ1v) is 7.62. The van der Waals surface area contributed by atoms with Gasteiger partial charge in [-0.3, -0.25) is 0 Å². The Hall–Kier alpha value is -1.28. The minimum absolute atomic E-state index is 0.163. The van der Waals surface area contributed by atoms with Crippen molar-refractivity contribution in [2.24, 2.45) is 0 Å². The number of hydrogen-bond acceptors (Lipinski definition) is 2. The van der Waals surface area contributed by atoms with Gasteiger partial charge in [0.1, 0.15) is 0 Å². The molecule has 0 heterocycles. The summed E-state index contributed by atoms with van der Waals surface area (Å²) in [4.78, 5) is 0. The second-order valence-electron chi connectivity index (χ2n) is 7.18. The van der Waals surface area contributed by atoms with E-state index in [1.54, 1.807) is 20.8 Å². The molecule has 0 amide bonds. The molecule has 1 rings (SSSR count). The highest BCUT2D eigenvalue weighted by Gasteiger charge is 2.54. The van der Waals surface area contributed by atoms with Crippen LogP contribution in [0.3, 0.4) is 0 Å². The van der Waals surface area contributed by atoms with Gasteiger partial charge in [0.25, 0.3) is 0 Å². The molecular weight excluding hydrogens is 350 g/mol. The average molecular weight is 372 g/mol. The Morgan fingerprint density at radius 3 is 1.20 bits per heavy atom. The van der Waals surface area contributed by atoms with Crippen molar-refractivity contribution in [1.82, 2.24) is 0 Å². The Balaban J connectivity index is 3.78. The predicted octanol–water partition coefficient (Wildman–Crippen LogP) is 4.91. The van der Waals surface area contributed by atoms with E-state index >= 15 is 0 Å². The summed E-state index contributed by atoms with van der Waals surface area (Å²) in [5.41, 5.74) is -8.81. The molecule has 0 bridgehead atoms. The summed E-state index contributed by atoms with van der Waals surface area (Å²) in [7, 11) is 0. The van der Waals surface area contributed by atoms with Crippen LogP contribution < -0.4 is 0 Å². The van der Waals surface area contributed by atoms with E-state index in [1.165, 1.54) is 0 Å². The highest BCUT2D eigenvalue weighted by molar-refractivity contribution is 5.40. The Morgan fingerprint density at radius 1 is 0.680 bits per heavy atom. The van der Waals surface area contributed by atoms with Gasteiger partial charge in [-0.05, 0) is 48.4 Å². The van der Waals surface area contributed by atoms with Crippen LogP contribution in [0.4, 0.5) is 26.3 Å². The lowest BCUT2D eigenvalue weighted by Crippen LogP contribution is -2.42. The van der Waals surface area contributed by atoms with Crippen molar-refractivity contribution >= 4 is 0 Å². The molecule has 0 saturated carbocycles. The van der Waals surface area contributed by atoms with Crippen LogP contribution in [0.5, 0.6) is 0 Å². The van der Waals surface area contributed by atoms with Crippen LogP contribution >= 0.6 is 0 Å². The number of halogens is 6. The zero-order valence-corrected chi connectivity index (χ0v) is 14.6. The lowest BCUT2D eigenvalue weighted by molar-refractivity contribution is -0.261. The quantitative estimate of drug-likeness (QED) is 0.737. The van der Waals surface area contributed by atoms with Gasteiger partial charge in [-0.2, -0.15) is 26.3 Å². The molecular formula is C17H22F6O2. The molecule has 1 aromatic rings. The topological polar surface area (TPSA) is 40.5 Å². The highest BCUT2D eigenvalue weighted by Crippen LogP contribution is 2.44.